The van der Waals surface area contributed by atoms with Gasteiger partial charge in [-0.05, 0) is 24.3 Å². The summed E-state index contributed by atoms with van der Waals surface area (Å²) in [4.78, 5) is 42.8. The number of aromatic nitrogens is 1. The van der Waals surface area contributed by atoms with Crippen molar-refractivity contribution in [3.8, 4) is 0 Å². The van der Waals surface area contributed by atoms with E-state index in [1.54, 1.807) is 11.1 Å². The molecule has 0 unspecified atom stereocenters. The molecule has 0 saturated carbocycles. The summed E-state index contributed by atoms with van der Waals surface area (Å²) in [6.07, 6.45) is 1.91. The lowest BCUT2D eigenvalue weighted by Crippen LogP contribution is -2.49. The lowest BCUT2D eigenvalue weighted by Gasteiger charge is -2.35. The average Bonchev–Trinajstić information content (AvgIpc) is 2.75. The molecule has 0 spiro atoms. The van der Waals surface area contributed by atoms with Crippen molar-refractivity contribution in [2.75, 3.05) is 42.9 Å². The van der Waals surface area contributed by atoms with Gasteiger partial charge in [-0.3, -0.25) is 14.9 Å². The fourth-order valence-electron chi connectivity index (χ4n) is 3.07. The van der Waals surface area contributed by atoms with Gasteiger partial charge >= 0.3 is 6.03 Å². The predicted octanol–water partition coefficient (Wildman–Crippen LogP) is 2.50. The van der Waals surface area contributed by atoms with Crippen LogP contribution in [-0.4, -0.2) is 59.5 Å². The lowest BCUT2D eigenvalue weighted by atomic mass is 10.2. The molecule has 1 saturated heterocycles. The van der Waals surface area contributed by atoms with E-state index in [1.807, 2.05) is 18.2 Å². The zero-order valence-corrected chi connectivity index (χ0v) is 16.8. The molecule has 1 aliphatic heterocycles. The Labute approximate surface area is 178 Å². The SMILES string of the molecule is O=C(NCCC(=O)N1CCN(c2ccccn2)CC1)Nc1ccc(Cl)c([N+](=O)[O-])c1. The number of nitrogens with zero attached hydrogens (tertiary/aromatic N) is 4. The Kier molecular flexibility index (Phi) is 7.02. The minimum absolute atomic E-state index is 0.0142. The van der Waals surface area contributed by atoms with Gasteiger partial charge < -0.3 is 20.4 Å². The maximum atomic E-state index is 12.4. The molecule has 1 aromatic carbocycles. The van der Waals surface area contributed by atoms with Crippen molar-refractivity contribution in [3.63, 3.8) is 0 Å². The summed E-state index contributed by atoms with van der Waals surface area (Å²) in [5.74, 6) is 0.850. The molecule has 158 valence electrons. The molecule has 11 heteroatoms. The first-order chi connectivity index (χ1) is 14.4. The molecule has 10 nitrogen and oxygen atoms in total. The average molecular weight is 433 g/mol. The molecule has 30 heavy (non-hydrogen) atoms. The maximum Gasteiger partial charge on any atom is 0.319 e. The van der Waals surface area contributed by atoms with Crippen LogP contribution < -0.4 is 15.5 Å². The van der Waals surface area contributed by atoms with E-state index < -0.39 is 11.0 Å². The fraction of sp³-hybridized carbons (Fsp3) is 0.316. The van der Waals surface area contributed by atoms with Gasteiger partial charge in [0.1, 0.15) is 10.8 Å². The van der Waals surface area contributed by atoms with Crippen LogP contribution in [0.1, 0.15) is 6.42 Å². The van der Waals surface area contributed by atoms with Gasteiger partial charge in [0.05, 0.1) is 4.92 Å². The number of nitro groups is 1. The van der Waals surface area contributed by atoms with E-state index in [0.29, 0.717) is 26.2 Å². The molecular weight excluding hydrogens is 412 g/mol. The summed E-state index contributed by atoms with van der Waals surface area (Å²) in [5, 5.41) is 16.0. The van der Waals surface area contributed by atoms with E-state index in [0.717, 1.165) is 5.82 Å². The van der Waals surface area contributed by atoms with Crippen molar-refractivity contribution in [2.45, 2.75) is 6.42 Å². The predicted molar refractivity (Wildman–Crippen MR) is 113 cm³/mol. The van der Waals surface area contributed by atoms with Gasteiger partial charge in [0.2, 0.25) is 5.91 Å². The maximum absolute atomic E-state index is 12.4. The minimum atomic E-state index is -0.627. The summed E-state index contributed by atoms with van der Waals surface area (Å²) in [7, 11) is 0. The van der Waals surface area contributed by atoms with Gasteiger partial charge in [0.15, 0.2) is 0 Å². The first-order valence-corrected chi connectivity index (χ1v) is 9.74. The van der Waals surface area contributed by atoms with Crippen molar-refractivity contribution in [1.29, 1.82) is 0 Å². The van der Waals surface area contributed by atoms with Crippen LogP contribution in [0.2, 0.25) is 5.02 Å². The van der Waals surface area contributed by atoms with Crippen LogP contribution in [0.25, 0.3) is 0 Å². The van der Waals surface area contributed by atoms with Crippen LogP contribution in [0.15, 0.2) is 42.6 Å². The number of piperazine rings is 1. The molecule has 0 atom stereocenters. The number of anilines is 2. The molecule has 2 N–H and O–H groups in total. The van der Waals surface area contributed by atoms with Gasteiger partial charge in [0.25, 0.3) is 5.69 Å². The molecule has 3 rings (SSSR count). The number of nitrogens with one attached hydrogen (secondary N) is 2. The Morgan fingerprint density at radius 1 is 1.17 bits per heavy atom. The number of carbonyl (C=O) groups is 2. The Morgan fingerprint density at radius 3 is 2.60 bits per heavy atom. The number of carbonyl (C=O) groups excluding carboxylic acids is 2. The van der Waals surface area contributed by atoms with Crippen molar-refractivity contribution < 1.29 is 14.5 Å². The van der Waals surface area contributed by atoms with Gasteiger partial charge in [-0.25, -0.2) is 9.78 Å². The second kappa shape index (κ2) is 9.88. The number of benzene rings is 1. The Hall–Kier alpha value is -3.40. The van der Waals surface area contributed by atoms with Crippen LogP contribution in [-0.2, 0) is 4.79 Å². The third-order valence-corrected chi connectivity index (χ3v) is 4.95. The molecule has 0 bridgehead atoms. The van der Waals surface area contributed by atoms with E-state index in [-0.39, 0.29) is 35.3 Å². The van der Waals surface area contributed by atoms with Crippen LogP contribution >= 0.6 is 11.6 Å². The number of pyridine rings is 1. The highest BCUT2D eigenvalue weighted by Crippen LogP contribution is 2.27. The van der Waals surface area contributed by atoms with Crippen molar-refractivity contribution >= 4 is 40.7 Å². The third-order valence-electron chi connectivity index (χ3n) is 4.63. The highest BCUT2D eigenvalue weighted by Gasteiger charge is 2.21. The zero-order chi connectivity index (χ0) is 21.5. The van der Waals surface area contributed by atoms with Crippen LogP contribution in [0.5, 0.6) is 0 Å². The van der Waals surface area contributed by atoms with Gasteiger partial charge in [-0.15, -0.1) is 0 Å². The Bertz CT molecular complexity index is 918. The zero-order valence-electron chi connectivity index (χ0n) is 16.1. The standard InChI is InChI=1S/C19H21ClN6O4/c20-15-5-4-14(13-16(15)26(29)30)23-19(28)22-8-6-18(27)25-11-9-24(10-12-25)17-3-1-2-7-21-17/h1-5,7,13H,6,8-12H2,(H2,22,23,28). The molecule has 0 radical (unpaired) electrons. The Balaban J connectivity index is 1.40. The largest absolute Gasteiger partial charge is 0.353 e. The number of rotatable bonds is 6. The first-order valence-electron chi connectivity index (χ1n) is 9.36. The fourth-order valence-corrected chi connectivity index (χ4v) is 3.26. The van der Waals surface area contributed by atoms with Crippen LogP contribution in [0.3, 0.4) is 0 Å². The monoisotopic (exact) mass is 432 g/mol. The highest BCUT2D eigenvalue weighted by atomic mass is 35.5. The minimum Gasteiger partial charge on any atom is -0.353 e. The van der Waals surface area contributed by atoms with E-state index in [2.05, 4.69) is 20.5 Å². The van der Waals surface area contributed by atoms with Crippen LogP contribution in [0.4, 0.5) is 22.0 Å². The molecule has 2 heterocycles. The van der Waals surface area contributed by atoms with Crippen molar-refractivity contribution in [3.05, 3.63) is 57.7 Å². The van der Waals surface area contributed by atoms with E-state index in [1.165, 1.54) is 18.2 Å². The lowest BCUT2D eigenvalue weighted by molar-refractivity contribution is -0.384. The molecular formula is C19H21ClN6O4. The van der Waals surface area contributed by atoms with Crippen LogP contribution in [0, 0.1) is 10.1 Å². The summed E-state index contributed by atoms with van der Waals surface area (Å²) in [6, 6.07) is 9.15. The van der Waals surface area contributed by atoms with E-state index in [4.69, 9.17) is 11.6 Å². The van der Waals surface area contributed by atoms with E-state index >= 15 is 0 Å². The molecule has 1 fully saturated rings. The summed E-state index contributed by atoms with van der Waals surface area (Å²) >= 11 is 5.75. The summed E-state index contributed by atoms with van der Waals surface area (Å²) in [5.41, 5.74) is -0.0601. The smallest absolute Gasteiger partial charge is 0.319 e. The second-order valence-corrected chi connectivity index (χ2v) is 7.02. The molecule has 1 aromatic heterocycles. The molecule has 3 amide bonds. The number of amides is 3. The van der Waals surface area contributed by atoms with E-state index in [9.17, 15) is 19.7 Å². The normalized spacial score (nSPS) is 13.6. The number of nitro benzene ring substituents is 1. The Morgan fingerprint density at radius 2 is 1.93 bits per heavy atom. The van der Waals surface area contributed by atoms with Gasteiger partial charge in [-0.1, -0.05) is 17.7 Å². The highest BCUT2D eigenvalue weighted by molar-refractivity contribution is 6.32. The molecule has 2 aromatic rings. The summed E-state index contributed by atoms with van der Waals surface area (Å²) in [6.45, 7) is 2.74. The number of halogens is 1. The molecule has 1 aliphatic rings. The number of hydrogen-bond donors (Lipinski definition) is 2. The number of hydrogen-bond acceptors (Lipinski definition) is 6. The summed E-state index contributed by atoms with van der Waals surface area (Å²) < 4.78 is 0. The number of urea groups is 1. The quantitative estimate of drug-likeness (QED) is 0.534. The third kappa shape index (κ3) is 5.57. The van der Waals surface area contributed by atoms with Gasteiger partial charge in [-0.2, -0.15) is 0 Å². The first kappa shape index (κ1) is 21.3. The molecule has 0 aliphatic carbocycles. The van der Waals surface area contributed by atoms with Gasteiger partial charge in [0, 0.05) is 57.1 Å². The van der Waals surface area contributed by atoms with Crippen molar-refractivity contribution in [1.82, 2.24) is 15.2 Å². The second-order valence-electron chi connectivity index (χ2n) is 6.61. The van der Waals surface area contributed by atoms with Crippen molar-refractivity contribution in [2.24, 2.45) is 0 Å². The topological polar surface area (TPSA) is 121 Å².